The first-order valence-corrected chi connectivity index (χ1v) is 6.81. The minimum absolute atomic E-state index is 0.241. The van der Waals surface area contributed by atoms with Crippen molar-refractivity contribution in [2.45, 2.75) is 17.1 Å². The van der Waals surface area contributed by atoms with E-state index in [1.807, 2.05) is 0 Å². The first-order valence-electron chi connectivity index (χ1n) is 6.00. The summed E-state index contributed by atoms with van der Waals surface area (Å²) in [6.07, 6.45) is 1.38. The van der Waals surface area contributed by atoms with Gasteiger partial charge in [-0.1, -0.05) is 0 Å². The Hall–Kier alpha value is -2.55. The number of ether oxygens (including phenoxy) is 1. The van der Waals surface area contributed by atoms with Crippen molar-refractivity contribution in [2.24, 2.45) is 0 Å². The fourth-order valence-electron chi connectivity index (χ4n) is 1.49. The number of nitrogens with two attached hydrogens (primary N) is 3. The molecule has 0 aliphatic rings. The lowest BCUT2D eigenvalue weighted by Crippen LogP contribution is -2.08. The number of aromatic nitrogens is 3. The minimum atomic E-state index is -0.507. The van der Waals surface area contributed by atoms with E-state index in [9.17, 15) is 4.79 Å². The van der Waals surface area contributed by atoms with E-state index in [-0.39, 0.29) is 29.5 Å². The van der Waals surface area contributed by atoms with Crippen LogP contribution in [-0.4, -0.2) is 27.5 Å². The van der Waals surface area contributed by atoms with E-state index in [0.717, 1.165) is 11.8 Å². The molecule has 0 radical (unpaired) electrons. The standard InChI is InChI=1S/C12H14N6O2S/c1-2-20-11(19)6-3-10(16-5-7(6)13)21-12-17-8(14)4-9(15)18-12/h3-5H,2,13H2,1H3,(H4,14,15,17,18). The third-order valence-electron chi connectivity index (χ3n) is 2.35. The van der Waals surface area contributed by atoms with Gasteiger partial charge in [0, 0.05) is 6.07 Å². The lowest BCUT2D eigenvalue weighted by atomic mass is 10.2. The number of pyridine rings is 1. The third kappa shape index (κ3) is 3.72. The van der Waals surface area contributed by atoms with Crippen LogP contribution in [0.3, 0.4) is 0 Å². The lowest BCUT2D eigenvalue weighted by molar-refractivity contribution is 0.0527. The van der Waals surface area contributed by atoms with Gasteiger partial charge in [0.15, 0.2) is 5.16 Å². The number of esters is 1. The van der Waals surface area contributed by atoms with Crippen molar-refractivity contribution < 1.29 is 9.53 Å². The van der Waals surface area contributed by atoms with Crippen LogP contribution in [0.5, 0.6) is 0 Å². The molecule has 21 heavy (non-hydrogen) atoms. The van der Waals surface area contributed by atoms with E-state index >= 15 is 0 Å². The fraction of sp³-hybridized carbons (Fsp3) is 0.167. The molecule has 2 aromatic heterocycles. The average molecular weight is 306 g/mol. The second kappa shape index (κ2) is 6.27. The summed E-state index contributed by atoms with van der Waals surface area (Å²) in [4.78, 5) is 23.9. The Morgan fingerprint density at radius 3 is 2.52 bits per heavy atom. The zero-order valence-corrected chi connectivity index (χ0v) is 12.1. The topological polar surface area (TPSA) is 143 Å². The Kier molecular flexibility index (Phi) is 4.43. The predicted octanol–water partition coefficient (Wildman–Crippen LogP) is 0.946. The predicted molar refractivity (Wildman–Crippen MR) is 79.6 cm³/mol. The normalized spacial score (nSPS) is 10.3. The molecular weight excluding hydrogens is 292 g/mol. The minimum Gasteiger partial charge on any atom is -0.462 e. The van der Waals surface area contributed by atoms with E-state index in [2.05, 4.69) is 15.0 Å². The molecule has 0 amide bonds. The number of anilines is 3. The number of hydrogen-bond donors (Lipinski definition) is 3. The number of carbonyl (C=O) groups is 1. The van der Waals surface area contributed by atoms with Crippen molar-refractivity contribution in [3.05, 3.63) is 23.9 Å². The highest BCUT2D eigenvalue weighted by Crippen LogP contribution is 2.26. The summed E-state index contributed by atoms with van der Waals surface area (Å²) in [5.74, 6) is 0.00406. The zero-order chi connectivity index (χ0) is 15.4. The van der Waals surface area contributed by atoms with Crippen LogP contribution in [-0.2, 0) is 4.74 Å². The molecule has 0 atom stereocenters. The Labute approximate surface area is 125 Å². The van der Waals surface area contributed by atoms with E-state index in [0.29, 0.717) is 10.2 Å². The van der Waals surface area contributed by atoms with E-state index < -0.39 is 5.97 Å². The van der Waals surface area contributed by atoms with Gasteiger partial charge in [0.2, 0.25) is 0 Å². The number of rotatable bonds is 4. The molecule has 8 nitrogen and oxygen atoms in total. The molecule has 0 saturated heterocycles. The first-order chi connectivity index (χ1) is 9.99. The largest absolute Gasteiger partial charge is 0.462 e. The molecule has 110 valence electrons. The molecule has 0 aliphatic carbocycles. The number of nitrogen functional groups attached to an aromatic ring is 3. The highest BCUT2D eigenvalue weighted by Gasteiger charge is 2.14. The van der Waals surface area contributed by atoms with Crippen molar-refractivity contribution in [3.63, 3.8) is 0 Å². The van der Waals surface area contributed by atoms with Crippen molar-refractivity contribution in [2.75, 3.05) is 23.8 Å². The van der Waals surface area contributed by atoms with Gasteiger partial charge < -0.3 is 21.9 Å². The summed E-state index contributed by atoms with van der Waals surface area (Å²) in [6.45, 7) is 1.98. The van der Waals surface area contributed by atoms with Crippen molar-refractivity contribution >= 4 is 35.1 Å². The third-order valence-corrected chi connectivity index (χ3v) is 3.14. The van der Waals surface area contributed by atoms with Crippen LogP contribution in [0, 0.1) is 0 Å². The molecule has 0 aliphatic heterocycles. The van der Waals surface area contributed by atoms with Gasteiger partial charge in [-0.15, -0.1) is 0 Å². The zero-order valence-electron chi connectivity index (χ0n) is 11.2. The van der Waals surface area contributed by atoms with Gasteiger partial charge >= 0.3 is 5.97 Å². The SMILES string of the molecule is CCOC(=O)c1cc(Sc2nc(N)cc(N)n2)ncc1N. The van der Waals surface area contributed by atoms with Crippen molar-refractivity contribution in [3.8, 4) is 0 Å². The summed E-state index contributed by atoms with van der Waals surface area (Å²) in [6, 6.07) is 2.96. The molecule has 0 saturated carbocycles. The average Bonchev–Trinajstić information content (AvgIpc) is 2.40. The van der Waals surface area contributed by atoms with Gasteiger partial charge in [-0.25, -0.2) is 19.7 Å². The summed E-state index contributed by atoms with van der Waals surface area (Å²) >= 11 is 1.12. The van der Waals surface area contributed by atoms with Crippen LogP contribution >= 0.6 is 11.8 Å². The molecular formula is C12H14N6O2S. The fourth-order valence-corrected chi connectivity index (χ4v) is 2.26. The lowest BCUT2D eigenvalue weighted by Gasteiger charge is -2.07. The maximum atomic E-state index is 11.8. The molecule has 9 heteroatoms. The first kappa shape index (κ1) is 14.9. The van der Waals surface area contributed by atoms with Crippen LogP contribution in [0.15, 0.2) is 28.5 Å². The van der Waals surface area contributed by atoms with Crippen molar-refractivity contribution in [1.82, 2.24) is 15.0 Å². The summed E-state index contributed by atoms with van der Waals surface area (Å²) in [5, 5.41) is 0.817. The number of nitrogens with zero attached hydrogens (tertiary/aromatic N) is 3. The van der Waals surface area contributed by atoms with Gasteiger partial charge in [-0.3, -0.25) is 0 Å². The van der Waals surface area contributed by atoms with E-state index in [1.54, 1.807) is 6.92 Å². The summed E-state index contributed by atoms with van der Waals surface area (Å²) < 4.78 is 4.92. The van der Waals surface area contributed by atoms with Crippen LogP contribution in [0.1, 0.15) is 17.3 Å². The molecule has 2 heterocycles. The molecule has 0 unspecified atom stereocenters. The van der Waals surface area contributed by atoms with Gasteiger partial charge in [0.1, 0.15) is 16.7 Å². The number of carbonyl (C=O) groups excluding carboxylic acids is 1. The highest BCUT2D eigenvalue weighted by atomic mass is 32.2. The second-order valence-corrected chi connectivity index (χ2v) is 4.92. The van der Waals surface area contributed by atoms with Gasteiger partial charge in [0.05, 0.1) is 24.1 Å². The van der Waals surface area contributed by atoms with Crippen LogP contribution in [0.4, 0.5) is 17.3 Å². The Morgan fingerprint density at radius 1 is 1.24 bits per heavy atom. The number of hydrogen-bond acceptors (Lipinski definition) is 9. The monoisotopic (exact) mass is 306 g/mol. The van der Waals surface area contributed by atoms with E-state index in [1.165, 1.54) is 18.3 Å². The van der Waals surface area contributed by atoms with Crippen LogP contribution < -0.4 is 17.2 Å². The summed E-state index contributed by atoms with van der Waals surface area (Å²) in [5.41, 5.74) is 17.4. The Morgan fingerprint density at radius 2 is 1.90 bits per heavy atom. The Bertz CT molecular complexity index is 659. The molecule has 2 rings (SSSR count). The molecule has 0 spiro atoms. The molecule has 6 N–H and O–H groups in total. The molecule has 0 bridgehead atoms. The maximum absolute atomic E-state index is 11.8. The van der Waals surface area contributed by atoms with Gasteiger partial charge in [-0.2, -0.15) is 0 Å². The molecule has 0 aromatic carbocycles. The summed E-state index contributed by atoms with van der Waals surface area (Å²) in [7, 11) is 0. The van der Waals surface area contributed by atoms with Crippen LogP contribution in [0.2, 0.25) is 0 Å². The van der Waals surface area contributed by atoms with Crippen molar-refractivity contribution in [1.29, 1.82) is 0 Å². The highest BCUT2D eigenvalue weighted by molar-refractivity contribution is 7.99. The quantitative estimate of drug-likeness (QED) is 0.555. The van der Waals surface area contributed by atoms with Crippen LogP contribution in [0.25, 0.3) is 0 Å². The maximum Gasteiger partial charge on any atom is 0.340 e. The Balaban J connectivity index is 2.28. The smallest absolute Gasteiger partial charge is 0.340 e. The second-order valence-electron chi connectivity index (χ2n) is 3.93. The van der Waals surface area contributed by atoms with Gasteiger partial charge in [-0.05, 0) is 24.8 Å². The van der Waals surface area contributed by atoms with Gasteiger partial charge in [0.25, 0.3) is 0 Å². The molecule has 2 aromatic rings. The van der Waals surface area contributed by atoms with E-state index in [4.69, 9.17) is 21.9 Å². The molecule has 0 fully saturated rings.